The van der Waals surface area contributed by atoms with Gasteiger partial charge in [-0.3, -0.25) is 9.59 Å². The Kier molecular flexibility index (Phi) is 11.0. The van der Waals surface area contributed by atoms with Gasteiger partial charge in [0, 0.05) is 37.6 Å². The van der Waals surface area contributed by atoms with E-state index < -0.39 is 29.7 Å². The molecule has 0 atom stereocenters. The van der Waals surface area contributed by atoms with E-state index in [-0.39, 0.29) is 29.4 Å². The Morgan fingerprint density at radius 3 is 1.67 bits per heavy atom. The Morgan fingerprint density at radius 1 is 0.667 bits per heavy atom. The van der Waals surface area contributed by atoms with Crippen LogP contribution < -0.4 is 23.7 Å². The van der Waals surface area contributed by atoms with Gasteiger partial charge in [0.2, 0.25) is 0 Å². The van der Waals surface area contributed by atoms with E-state index in [1.54, 1.807) is 24.3 Å². The first kappa shape index (κ1) is 31.1. The summed E-state index contributed by atoms with van der Waals surface area (Å²) >= 11 is 0. The first-order chi connectivity index (χ1) is 20.1. The molecule has 3 aromatic rings. The fourth-order valence-electron chi connectivity index (χ4n) is 3.44. The summed E-state index contributed by atoms with van der Waals surface area (Å²) in [6, 6.07) is 13.1. The van der Waals surface area contributed by atoms with Gasteiger partial charge in [0.05, 0.1) is 14.2 Å². The summed E-state index contributed by atoms with van der Waals surface area (Å²) < 4.78 is 45.2. The lowest BCUT2D eigenvalue weighted by molar-refractivity contribution is -0.139. The summed E-state index contributed by atoms with van der Waals surface area (Å²) in [4.78, 5) is 46.7. The Morgan fingerprint density at radius 2 is 1.19 bits per heavy atom. The van der Waals surface area contributed by atoms with Crippen molar-refractivity contribution >= 4 is 36.0 Å². The molecule has 3 aromatic carbocycles. The van der Waals surface area contributed by atoms with E-state index in [9.17, 15) is 23.6 Å². The number of methoxy groups -OCH3 is 2. The van der Waals surface area contributed by atoms with Gasteiger partial charge < -0.3 is 28.4 Å². The minimum atomic E-state index is -0.765. The minimum absolute atomic E-state index is 0.0499. The van der Waals surface area contributed by atoms with E-state index >= 15 is 0 Å². The van der Waals surface area contributed by atoms with Crippen molar-refractivity contribution in [2.75, 3.05) is 14.2 Å². The number of rotatable bonds is 11. The summed E-state index contributed by atoms with van der Waals surface area (Å²) in [5.74, 6) is -2.22. The molecule has 0 heterocycles. The number of benzene rings is 3. The Labute approximate surface area is 240 Å². The normalized spacial score (nSPS) is 10.8. The van der Waals surface area contributed by atoms with Gasteiger partial charge in [-0.05, 0) is 59.7 Å². The zero-order valence-electron chi connectivity index (χ0n) is 23.2. The number of esters is 4. The van der Waals surface area contributed by atoms with Gasteiger partial charge in [0.25, 0.3) is 0 Å². The van der Waals surface area contributed by atoms with E-state index in [0.717, 1.165) is 18.2 Å². The number of hydrogen-bond donors (Lipinski definition) is 0. The number of halogens is 1. The van der Waals surface area contributed by atoms with Crippen molar-refractivity contribution in [3.63, 3.8) is 0 Å². The molecule has 218 valence electrons. The number of carbonyl (C=O) groups excluding carboxylic acids is 4. The molecule has 0 aromatic heterocycles. The topological polar surface area (TPSA) is 124 Å². The lowest BCUT2D eigenvalue weighted by atomic mass is 10.2. The van der Waals surface area contributed by atoms with Gasteiger partial charge in [-0.2, -0.15) is 0 Å². The Balaban J connectivity index is 1.55. The fourth-order valence-corrected chi connectivity index (χ4v) is 3.44. The molecule has 0 aliphatic carbocycles. The highest BCUT2D eigenvalue weighted by Gasteiger charge is 2.11. The van der Waals surface area contributed by atoms with Crippen LogP contribution in [0.15, 0.2) is 66.7 Å². The summed E-state index contributed by atoms with van der Waals surface area (Å²) in [6.45, 7) is 2.17. The van der Waals surface area contributed by atoms with Gasteiger partial charge in [-0.1, -0.05) is 12.1 Å². The third-order valence-electron chi connectivity index (χ3n) is 5.32. The first-order valence-corrected chi connectivity index (χ1v) is 12.3. The lowest BCUT2D eigenvalue weighted by Gasteiger charge is -2.08. The average Bonchev–Trinajstić information content (AvgIpc) is 2.95. The second kappa shape index (κ2) is 14.8. The van der Waals surface area contributed by atoms with Crippen molar-refractivity contribution in [3.05, 3.63) is 89.3 Å². The number of carbonyl (C=O) groups is 4. The highest BCUT2D eigenvalue weighted by atomic mass is 19.1. The van der Waals surface area contributed by atoms with Gasteiger partial charge >= 0.3 is 23.9 Å². The third kappa shape index (κ3) is 9.33. The van der Waals surface area contributed by atoms with Crippen LogP contribution in [0.4, 0.5) is 4.39 Å². The molecular formula is C31H27FO10. The minimum Gasteiger partial charge on any atom is -0.493 e. The number of ether oxygens (including phenoxy) is 6. The van der Waals surface area contributed by atoms with E-state index in [0.29, 0.717) is 22.6 Å². The van der Waals surface area contributed by atoms with E-state index in [1.807, 2.05) is 0 Å². The zero-order valence-corrected chi connectivity index (χ0v) is 23.2. The predicted octanol–water partition coefficient (Wildman–Crippen LogP) is 5.07. The molecule has 3 rings (SSSR count). The van der Waals surface area contributed by atoms with Crippen LogP contribution in [-0.2, 0) is 30.5 Å². The molecule has 0 unspecified atom stereocenters. The summed E-state index contributed by atoms with van der Waals surface area (Å²) in [5, 5.41) is 0. The summed E-state index contributed by atoms with van der Waals surface area (Å²) in [6.07, 6.45) is 5.20. The maximum absolute atomic E-state index is 14.6. The molecule has 0 saturated carbocycles. The molecule has 0 aliphatic heterocycles. The predicted molar refractivity (Wildman–Crippen MR) is 149 cm³/mol. The standard InChI is InChI=1S/C31H27FO10/c1-19(33)40-26-11-5-21(15-28(26)37-3)7-13-30(35)39-18-23-9-10-24(17-25(23)32)42-31(36)14-8-22-6-12-27(41-20(2)34)29(16-22)38-4/h5-17H,18H2,1-4H3/b13-7+,14-8+. The smallest absolute Gasteiger partial charge is 0.336 e. The van der Waals surface area contributed by atoms with Crippen molar-refractivity contribution in [2.24, 2.45) is 0 Å². The molecule has 0 saturated heterocycles. The van der Waals surface area contributed by atoms with Crippen molar-refractivity contribution in [2.45, 2.75) is 20.5 Å². The van der Waals surface area contributed by atoms with Crippen LogP contribution in [0.5, 0.6) is 28.7 Å². The van der Waals surface area contributed by atoms with Crippen molar-refractivity contribution in [3.8, 4) is 28.7 Å². The van der Waals surface area contributed by atoms with Crippen LogP contribution >= 0.6 is 0 Å². The molecule has 0 aliphatic rings. The van der Waals surface area contributed by atoms with E-state index in [2.05, 4.69) is 0 Å². The molecule has 10 nitrogen and oxygen atoms in total. The highest BCUT2D eigenvalue weighted by Crippen LogP contribution is 2.30. The maximum atomic E-state index is 14.6. The van der Waals surface area contributed by atoms with E-state index in [4.69, 9.17) is 28.4 Å². The van der Waals surface area contributed by atoms with Crippen LogP contribution in [0.1, 0.15) is 30.5 Å². The molecular weight excluding hydrogens is 551 g/mol. The van der Waals surface area contributed by atoms with Crippen molar-refractivity contribution in [1.29, 1.82) is 0 Å². The van der Waals surface area contributed by atoms with Crippen LogP contribution in [0, 0.1) is 5.82 Å². The lowest BCUT2D eigenvalue weighted by Crippen LogP contribution is -2.06. The zero-order chi connectivity index (χ0) is 30.6. The molecule has 11 heteroatoms. The number of hydrogen-bond acceptors (Lipinski definition) is 10. The van der Waals surface area contributed by atoms with E-state index in [1.165, 1.54) is 64.5 Å². The quantitative estimate of drug-likeness (QED) is 0.173. The molecule has 0 amide bonds. The fraction of sp³-hybridized carbons (Fsp3) is 0.161. The Hall–Kier alpha value is -5.45. The van der Waals surface area contributed by atoms with Gasteiger partial charge in [0.1, 0.15) is 18.2 Å². The van der Waals surface area contributed by atoms with Gasteiger partial charge in [-0.15, -0.1) is 0 Å². The van der Waals surface area contributed by atoms with Crippen LogP contribution in [0.2, 0.25) is 0 Å². The van der Waals surface area contributed by atoms with Crippen molar-refractivity contribution < 1.29 is 52.0 Å². The third-order valence-corrected chi connectivity index (χ3v) is 5.32. The first-order valence-electron chi connectivity index (χ1n) is 12.3. The largest absolute Gasteiger partial charge is 0.493 e. The Bertz CT molecular complexity index is 1540. The van der Waals surface area contributed by atoms with Crippen LogP contribution in [0.3, 0.4) is 0 Å². The molecule has 0 radical (unpaired) electrons. The average molecular weight is 579 g/mol. The van der Waals surface area contributed by atoms with Crippen LogP contribution in [-0.4, -0.2) is 38.1 Å². The molecule has 0 N–H and O–H groups in total. The SMILES string of the molecule is COc1cc(/C=C/C(=O)OCc2ccc(OC(=O)/C=C/c3ccc(OC(C)=O)c(OC)c3)cc2F)ccc1OC(C)=O. The molecule has 0 bridgehead atoms. The molecule has 0 spiro atoms. The second-order valence-corrected chi connectivity index (χ2v) is 8.46. The van der Waals surface area contributed by atoms with Gasteiger partial charge in [0.15, 0.2) is 23.0 Å². The monoisotopic (exact) mass is 578 g/mol. The van der Waals surface area contributed by atoms with Crippen molar-refractivity contribution in [1.82, 2.24) is 0 Å². The maximum Gasteiger partial charge on any atom is 0.336 e. The highest BCUT2D eigenvalue weighted by molar-refractivity contribution is 5.89. The van der Waals surface area contributed by atoms with Gasteiger partial charge in [-0.25, -0.2) is 14.0 Å². The molecule has 0 fully saturated rings. The summed E-state index contributed by atoms with van der Waals surface area (Å²) in [7, 11) is 2.82. The summed E-state index contributed by atoms with van der Waals surface area (Å²) in [5.41, 5.74) is 1.21. The molecule has 42 heavy (non-hydrogen) atoms. The second-order valence-electron chi connectivity index (χ2n) is 8.46. The van der Waals surface area contributed by atoms with Crippen LogP contribution in [0.25, 0.3) is 12.2 Å².